The van der Waals surface area contributed by atoms with Gasteiger partial charge >= 0.3 is 6.18 Å². The van der Waals surface area contributed by atoms with Gasteiger partial charge in [-0.3, -0.25) is 4.79 Å². The van der Waals surface area contributed by atoms with E-state index < -0.39 is 24.4 Å². The number of nitrogens with one attached hydrogen (secondary N) is 2. The van der Waals surface area contributed by atoms with Crippen LogP contribution in [0.5, 0.6) is 0 Å². The number of hydrogen-bond acceptors (Lipinski definition) is 6. The highest BCUT2D eigenvalue weighted by atomic mass is 19.4. The molecule has 4 rings (SSSR count). The van der Waals surface area contributed by atoms with Gasteiger partial charge in [-0.25, -0.2) is 14.4 Å². The maximum atomic E-state index is 14.2. The summed E-state index contributed by atoms with van der Waals surface area (Å²) >= 11 is 0. The molecule has 1 aromatic heterocycles. The first-order valence-electron chi connectivity index (χ1n) is 10.5. The Morgan fingerprint density at radius 2 is 1.79 bits per heavy atom. The quantitative estimate of drug-likeness (QED) is 0.522. The predicted octanol–water partition coefficient (Wildman–Crippen LogP) is 4.16. The van der Waals surface area contributed by atoms with Crippen LogP contribution in [0.3, 0.4) is 0 Å². The van der Waals surface area contributed by atoms with E-state index in [1.807, 2.05) is 10.2 Å². The van der Waals surface area contributed by atoms with E-state index in [1.165, 1.54) is 30.5 Å². The van der Waals surface area contributed by atoms with Crippen molar-refractivity contribution in [3.63, 3.8) is 0 Å². The SMILES string of the molecule is O=C(NCC(F)(F)F)c1ccc(-c2ccnc(Nc3cc(F)cc(N4CCOCC4)c3)n2)cc1. The second-order valence-corrected chi connectivity index (χ2v) is 7.56. The van der Waals surface area contributed by atoms with Gasteiger partial charge in [0.1, 0.15) is 12.4 Å². The Bertz CT molecular complexity index is 1150. The number of carbonyl (C=O) groups is 1. The van der Waals surface area contributed by atoms with Gasteiger partial charge in [-0.15, -0.1) is 0 Å². The van der Waals surface area contributed by atoms with Crippen molar-refractivity contribution in [1.29, 1.82) is 0 Å². The number of benzene rings is 2. The number of carbonyl (C=O) groups excluding carboxylic acids is 1. The van der Waals surface area contributed by atoms with Gasteiger partial charge in [0, 0.05) is 41.8 Å². The van der Waals surface area contributed by atoms with Gasteiger partial charge in [-0.1, -0.05) is 12.1 Å². The molecule has 1 fully saturated rings. The minimum absolute atomic E-state index is 0.0933. The van der Waals surface area contributed by atoms with Crippen molar-refractivity contribution in [2.75, 3.05) is 43.1 Å². The van der Waals surface area contributed by atoms with Crippen molar-refractivity contribution < 1.29 is 27.1 Å². The lowest BCUT2D eigenvalue weighted by Gasteiger charge is -2.29. The summed E-state index contributed by atoms with van der Waals surface area (Å²) < 4.78 is 56.4. The van der Waals surface area contributed by atoms with Crippen LogP contribution in [0, 0.1) is 5.82 Å². The van der Waals surface area contributed by atoms with Crippen molar-refractivity contribution in [3.8, 4) is 11.3 Å². The molecule has 1 amide bonds. The Morgan fingerprint density at radius 1 is 1.06 bits per heavy atom. The van der Waals surface area contributed by atoms with Gasteiger partial charge in [-0.05, 0) is 36.4 Å². The van der Waals surface area contributed by atoms with Gasteiger partial charge < -0.3 is 20.3 Å². The van der Waals surface area contributed by atoms with Crippen molar-refractivity contribution >= 4 is 23.2 Å². The Hall–Kier alpha value is -3.73. The summed E-state index contributed by atoms with van der Waals surface area (Å²) in [5, 5.41) is 4.83. The van der Waals surface area contributed by atoms with E-state index in [0.29, 0.717) is 43.2 Å². The monoisotopic (exact) mass is 475 g/mol. The molecule has 2 heterocycles. The van der Waals surface area contributed by atoms with E-state index in [1.54, 1.807) is 24.3 Å². The van der Waals surface area contributed by atoms with Crippen LogP contribution in [0.1, 0.15) is 10.4 Å². The van der Waals surface area contributed by atoms with Gasteiger partial charge in [0.25, 0.3) is 5.91 Å². The summed E-state index contributed by atoms with van der Waals surface area (Å²) in [4.78, 5) is 22.5. The van der Waals surface area contributed by atoms with Crippen molar-refractivity contribution in [2.45, 2.75) is 6.18 Å². The van der Waals surface area contributed by atoms with Crippen molar-refractivity contribution in [3.05, 3.63) is 66.1 Å². The lowest BCUT2D eigenvalue weighted by molar-refractivity contribution is -0.123. The minimum Gasteiger partial charge on any atom is -0.378 e. The largest absolute Gasteiger partial charge is 0.405 e. The highest BCUT2D eigenvalue weighted by Gasteiger charge is 2.27. The molecular formula is C23H21F4N5O2. The molecule has 34 heavy (non-hydrogen) atoms. The number of hydrogen-bond donors (Lipinski definition) is 2. The van der Waals surface area contributed by atoms with Gasteiger partial charge in [-0.2, -0.15) is 13.2 Å². The molecule has 0 radical (unpaired) electrons. The van der Waals surface area contributed by atoms with E-state index in [9.17, 15) is 22.4 Å². The summed E-state index contributed by atoms with van der Waals surface area (Å²) in [5.74, 6) is -0.985. The highest BCUT2D eigenvalue weighted by Crippen LogP contribution is 2.25. The van der Waals surface area contributed by atoms with Crippen molar-refractivity contribution in [2.24, 2.45) is 0 Å². The molecule has 1 saturated heterocycles. The average Bonchev–Trinajstić information content (AvgIpc) is 2.82. The molecule has 178 valence electrons. The number of aromatic nitrogens is 2. The number of alkyl halides is 3. The van der Waals surface area contributed by atoms with Crippen LogP contribution in [0.15, 0.2) is 54.7 Å². The maximum Gasteiger partial charge on any atom is 0.405 e. The van der Waals surface area contributed by atoms with Crippen LogP contribution in [-0.4, -0.2) is 54.9 Å². The third kappa shape index (κ3) is 6.19. The van der Waals surface area contributed by atoms with Gasteiger partial charge in [0.15, 0.2) is 0 Å². The van der Waals surface area contributed by atoms with Crippen LogP contribution >= 0.6 is 0 Å². The number of morpholine rings is 1. The maximum absolute atomic E-state index is 14.2. The third-order valence-electron chi connectivity index (χ3n) is 5.06. The Labute approximate surface area is 192 Å². The van der Waals surface area contributed by atoms with E-state index in [2.05, 4.69) is 15.3 Å². The normalized spacial score (nSPS) is 14.1. The molecule has 0 unspecified atom stereocenters. The second kappa shape index (κ2) is 10.0. The fourth-order valence-electron chi connectivity index (χ4n) is 3.43. The molecule has 1 aliphatic heterocycles. The number of anilines is 3. The molecule has 3 aromatic rings. The number of rotatable bonds is 6. The third-order valence-corrected chi connectivity index (χ3v) is 5.06. The van der Waals surface area contributed by atoms with E-state index in [0.717, 1.165) is 5.69 Å². The summed E-state index contributed by atoms with van der Waals surface area (Å²) in [6.45, 7) is 1.08. The molecule has 7 nitrogen and oxygen atoms in total. The molecule has 0 saturated carbocycles. The predicted molar refractivity (Wildman–Crippen MR) is 119 cm³/mol. The molecular weight excluding hydrogens is 454 g/mol. The van der Waals surface area contributed by atoms with Crippen molar-refractivity contribution in [1.82, 2.24) is 15.3 Å². The van der Waals surface area contributed by atoms with E-state index >= 15 is 0 Å². The first-order valence-corrected chi connectivity index (χ1v) is 10.5. The number of halogens is 4. The van der Waals surface area contributed by atoms with Gasteiger partial charge in [0.05, 0.1) is 18.9 Å². The Balaban J connectivity index is 1.47. The topological polar surface area (TPSA) is 79.4 Å². The number of nitrogens with zero attached hydrogens (tertiary/aromatic N) is 3. The lowest BCUT2D eigenvalue weighted by atomic mass is 10.1. The molecule has 1 aliphatic rings. The second-order valence-electron chi connectivity index (χ2n) is 7.56. The molecule has 0 bridgehead atoms. The fraction of sp³-hybridized carbons (Fsp3) is 0.261. The van der Waals surface area contributed by atoms with Crippen LogP contribution < -0.4 is 15.5 Å². The van der Waals surface area contributed by atoms with E-state index in [4.69, 9.17) is 4.74 Å². The lowest BCUT2D eigenvalue weighted by Crippen LogP contribution is -2.36. The number of amides is 1. The smallest absolute Gasteiger partial charge is 0.378 e. The summed E-state index contributed by atoms with van der Waals surface area (Å²) in [5.41, 5.74) is 2.45. The molecule has 0 spiro atoms. The first-order chi connectivity index (χ1) is 16.3. The molecule has 2 N–H and O–H groups in total. The molecule has 0 aliphatic carbocycles. The van der Waals surface area contributed by atoms with Crippen LogP contribution in [-0.2, 0) is 4.74 Å². The fourth-order valence-corrected chi connectivity index (χ4v) is 3.43. The Kier molecular flexibility index (Phi) is 6.92. The molecule has 11 heteroatoms. The van der Waals surface area contributed by atoms with Gasteiger partial charge in [0.2, 0.25) is 5.95 Å². The zero-order valence-corrected chi connectivity index (χ0v) is 17.9. The highest BCUT2D eigenvalue weighted by molar-refractivity contribution is 5.94. The average molecular weight is 475 g/mol. The molecule has 0 atom stereocenters. The molecule has 2 aromatic carbocycles. The van der Waals surface area contributed by atoms with Crippen LogP contribution in [0.4, 0.5) is 34.9 Å². The van der Waals surface area contributed by atoms with E-state index in [-0.39, 0.29) is 11.5 Å². The standard InChI is InChI=1S/C23H21F4N5O2/c24-17-11-18(13-19(12-17)32-7-9-34-10-8-32)30-22-28-6-5-20(31-22)15-1-3-16(4-2-15)21(33)29-14-23(25,26)27/h1-6,11-13H,7-10,14H2,(H,29,33)(H,28,30,31). The zero-order chi connectivity index (χ0) is 24.1. The minimum atomic E-state index is -4.48. The summed E-state index contributed by atoms with van der Waals surface area (Å²) in [6.07, 6.45) is -2.96. The number of ether oxygens (including phenoxy) is 1. The summed E-state index contributed by atoms with van der Waals surface area (Å²) in [6, 6.07) is 12.2. The summed E-state index contributed by atoms with van der Waals surface area (Å²) in [7, 11) is 0. The van der Waals surface area contributed by atoms with Crippen LogP contribution in [0.25, 0.3) is 11.3 Å². The van der Waals surface area contributed by atoms with Crippen LogP contribution in [0.2, 0.25) is 0 Å². The zero-order valence-electron chi connectivity index (χ0n) is 17.9. The Morgan fingerprint density at radius 3 is 2.50 bits per heavy atom. The first kappa shape index (κ1) is 23.4.